The molecule has 1 aromatic carbocycles. The van der Waals surface area contributed by atoms with Crippen molar-refractivity contribution in [3.63, 3.8) is 0 Å². The molecule has 0 atom stereocenters. The van der Waals surface area contributed by atoms with Gasteiger partial charge in [-0.15, -0.1) is 6.58 Å². The van der Waals surface area contributed by atoms with Gasteiger partial charge in [0.25, 0.3) is 0 Å². The molecule has 1 aromatic heterocycles. The van der Waals surface area contributed by atoms with Crippen molar-refractivity contribution in [1.82, 2.24) is 20.2 Å². The lowest BCUT2D eigenvalue weighted by Gasteiger charge is -2.15. The summed E-state index contributed by atoms with van der Waals surface area (Å²) in [5, 5.41) is 14.8. The van der Waals surface area contributed by atoms with E-state index in [-0.39, 0.29) is 0 Å². The van der Waals surface area contributed by atoms with E-state index >= 15 is 0 Å². The van der Waals surface area contributed by atoms with Crippen molar-refractivity contribution >= 4 is 21.9 Å². The Morgan fingerprint density at radius 2 is 2.08 bits per heavy atom. The molecule has 0 saturated carbocycles. The highest BCUT2D eigenvalue weighted by Gasteiger charge is 2.12. The van der Waals surface area contributed by atoms with Gasteiger partial charge in [-0.2, -0.15) is 0 Å². The van der Waals surface area contributed by atoms with Gasteiger partial charge < -0.3 is 14.8 Å². The van der Waals surface area contributed by atoms with Gasteiger partial charge in [-0.3, -0.25) is 0 Å². The summed E-state index contributed by atoms with van der Waals surface area (Å²) >= 11 is 3.59. The Morgan fingerprint density at radius 3 is 2.79 bits per heavy atom. The molecule has 0 saturated heterocycles. The maximum absolute atomic E-state index is 5.75. The fourth-order valence-corrected chi connectivity index (χ4v) is 2.52. The number of allylic oxidation sites excluding steroid dienone is 1. The molecule has 0 amide bonds. The number of tetrazole rings is 1. The third-order valence-electron chi connectivity index (χ3n) is 3.15. The quantitative estimate of drug-likeness (QED) is 0.621. The molecule has 0 spiro atoms. The van der Waals surface area contributed by atoms with E-state index in [4.69, 9.17) is 9.47 Å². The number of nitrogens with zero attached hydrogens (tertiary/aromatic N) is 4. The van der Waals surface area contributed by atoms with Crippen LogP contribution in [0.2, 0.25) is 0 Å². The van der Waals surface area contributed by atoms with E-state index in [0.717, 1.165) is 28.0 Å². The molecular weight excluding hydrogens is 374 g/mol. The van der Waals surface area contributed by atoms with Crippen LogP contribution in [0.3, 0.4) is 0 Å². The summed E-state index contributed by atoms with van der Waals surface area (Å²) in [5.41, 5.74) is 1.02. The minimum absolute atomic E-state index is 0.546. The van der Waals surface area contributed by atoms with Gasteiger partial charge in [0.05, 0.1) is 19.8 Å². The summed E-state index contributed by atoms with van der Waals surface area (Å²) in [6, 6.07) is 3.90. The van der Waals surface area contributed by atoms with Gasteiger partial charge in [-0.05, 0) is 41.5 Å². The molecule has 1 N–H and O–H groups in total. The minimum atomic E-state index is 0.546. The van der Waals surface area contributed by atoms with Gasteiger partial charge in [0.1, 0.15) is 0 Å². The lowest BCUT2D eigenvalue weighted by Crippen LogP contribution is -2.09. The number of nitrogens with one attached hydrogen (secondary N) is 1. The first-order valence-corrected chi connectivity index (χ1v) is 8.67. The van der Waals surface area contributed by atoms with Gasteiger partial charge in [0, 0.05) is 11.0 Å². The molecule has 8 heteroatoms. The highest BCUT2D eigenvalue weighted by molar-refractivity contribution is 9.10. The number of hydrogen-bond donors (Lipinski definition) is 1. The van der Waals surface area contributed by atoms with E-state index in [0.29, 0.717) is 32.3 Å². The molecule has 2 rings (SSSR count). The molecule has 0 aliphatic heterocycles. The maximum Gasteiger partial charge on any atom is 0.243 e. The van der Waals surface area contributed by atoms with Crippen LogP contribution in [0.1, 0.15) is 25.8 Å². The number of anilines is 1. The van der Waals surface area contributed by atoms with Crippen LogP contribution in [0, 0.1) is 0 Å². The van der Waals surface area contributed by atoms with Crippen molar-refractivity contribution in [2.45, 2.75) is 33.4 Å². The van der Waals surface area contributed by atoms with Crippen LogP contribution in [0.15, 0.2) is 29.3 Å². The van der Waals surface area contributed by atoms with Gasteiger partial charge in [-0.25, -0.2) is 4.68 Å². The largest absolute Gasteiger partial charge is 0.490 e. The number of aromatic nitrogens is 4. The van der Waals surface area contributed by atoms with Crippen LogP contribution in [-0.4, -0.2) is 33.4 Å². The maximum atomic E-state index is 5.75. The van der Waals surface area contributed by atoms with Gasteiger partial charge >= 0.3 is 0 Å². The van der Waals surface area contributed by atoms with E-state index in [1.165, 1.54) is 0 Å². The summed E-state index contributed by atoms with van der Waals surface area (Å²) in [6.07, 6.45) is 2.68. The molecule has 0 fully saturated rings. The molecule has 0 unspecified atom stereocenters. The first kappa shape index (κ1) is 18.3. The molecule has 0 bridgehead atoms. The number of rotatable bonds is 10. The average molecular weight is 396 g/mol. The lowest BCUT2D eigenvalue weighted by atomic mass is 10.2. The monoisotopic (exact) mass is 395 g/mol. The Morgan fingerprint density at radius 1 is 1.29 bits per heavy atom. The SMILES string of the molecule is C=CCn1nnnc1NCc1cc(OCC)c(OCCC)cc1Br. The molecule has 24 heavy (non-hydrogen) atoms. The average Bonchev–Trinajstić information content (AvgIpc) is 3.01. The van der Waals surface area contributed by atoms with E-state index < -0.39 is 0 Å². The first-order valence-electron chi connectivity index (χ1n) is 7.88. The molecule has 0 aliphatic rings. The summed E-state index contributed by atoms with van der Waals surface area (Å²) in [7, 11) is 0. The van der Waals surface area contributed by atoms with Crippen molar-refractivity contribution in [3.8, 4) is 11.5 Å². The molecule has 0 radical (unpaired) electrons. The zero-order valence-corrected chi connectivity index (χ0v) is 15.5. The number of hydrogen-bond acceptors (Lipinski definition) is 6. The first-order chi connectivity index (χ1) is 11.7. The Kier molecular flexibility index (Phi) is 7.05. The van der Waals surface area contributed by atoms with Crippen molar-refractivity contribution < 1.29 is 9.47 Å². The summed E-state index contributed by atoms with van der Waals surface area (Å²) in [4.78, 5) is 0. The van der Waals surface area contributed by atoms with Crippen molar-refractivity contribution in [1.29, 1.82) is 0 Å². The van der Waals surface area contributed by atoms with E-state index in [9.17, 15) is 0 Å². The lowest BCUT2D eigenvalue weighted by molar-refractivity contribution is 0.276. The highest BCUT2D eigenvalue weighted by Crippen LogP contribution is 2.34. The fourth-order valence-electron chi connectivity index (χ4n) is 2.06. The van der Waals surface area contributed by atoms with Crippen LogP contribution in [0.4, 0.5) is 5.95 Å². The fraction of sp³-hybridized carbons (Fsp3) is 0.438. The van der Waals surface area contributed by atoms with Crippen molar-refractivity contribution in [3.05, 3.63) is 34.8 Å². The van der Waals surface area contributed by atoms with Gasteiger partial charge in [0.2, 0.25) is 5.95 Å². The second-order valence-electron chi connectivity index (χ2n) is 5.00. The Balaban J connectivity index is 2.15. The Bertz CT molecular complexity index is 674. The number of ether oxygens (including phenoxy) is 2. The predicted octanol–water partition coefficient (Wildman–Crippen LogP) is 3.42. The molecule has 0 aliphatic carbocycles. The molecule has 7 nitrogen and oxygen atoms in total. The second kappa shape index (κ2) is 9.27. The van der Waals surface area contributed by atoms with Crippen LogP contribution >= 0.6 is 15.9 Å². The standard InChI is InChI=1S/C16H22BrN5O2/c1-4-7-22-16(19-20-21-22)18-11-12-9-14(23-6-3)15(10-13(12)17)24-8-5-2/h4,9-10H,1,5-8,11H2,2-3H3,(H,18,19,21). The van der Waals surface area contributed by atoms with Crippen LogP contribution in [0.5, 0.6) is 11.5 Å². The Hall–Kier alpha value is -2.09. The van der Waals surface area contributed by atoms with Crippen LogP contribution < -0.4 is 14.8 Å². The molecular formula is C16H22BrN5O2. The van der Waals surface area contributed by atoms with Gasteiger partial charge in [-0.1, -0.05) is 34.0 Å². The summed E-state index contributed by atoms with van der Waals surface area (Å²) < 4.78 is 14.0. The van der Waals surface area contributed by atoms with Crippen molar-refractivity contribution in [2.24, 2.45) is 0 Å². The molecule has 1 heterocycles. The number of benzene rings is 1. The van der Waals surface area contributed by atoms with Crippen LogP contribution in [-0.2, 0) is 13.1 Å². The highest BCUT2D eigenvalue weighted by atomic mass is 79.9. The minimum Gasteiger partial charge on any atom is -0.490 e. The van der Waals surface area contributed by atoms with E-state index in [1.807, 2.05) is 19.1 Å². The van der Waals surface area contributed by atoms with Gasteiger partial charge in [0.15, 0.2) is 11.5 Å². The second-order valence-corrected chi connectivity index (χ2v) is 5.85. The van der Waals surface area contributed by atoms with E-state index in [1.54, 1.807) is 10.8 Å². The topological polar surface area (TPSA) is 74.1 Å². The normalized spacial score (nSPS) is 10.5. The summed E-state index contributed by atoms with van der Waals surface area (Å²) in [6.45, 7) is 10.0. The van der Waals surface area contributed by atoms with E-state index in [2.05, 4.69) is 50.3 Å². The smallest absolute Gasteiger partial charge is 0.243 e. The number of halogens is 1. The van der Waals surface area contributed by atoms with Crippen LogP contribution in [0.25, 0.3) is 0 Å². The predicted molar refractivity (Wildman–Crippen MR) is 96.4 cm³/mol. The third kappa shape index (κ3) is 4.70. The molecule has 130 valence electrons. The summed E-state index contributed by atoms with van der Waals surface area (Å²) in [5.74, 6) is 2.06. The zero-order chi connectivity index (χ0) is 17.4. The third-order valence-corrected chi connectivity index (χ3v) is 3.88. The molecule has 2 aromatic rings. The Labute approximate surface area is 150 Å². The zero-order valence-electron chi connectivity index (χ0n) is 14.0. The van der Waals surface area contributed by atoms with Crippen molar-refractivity contribution in [2.75, 3.05) is 18.5 Å².